The monoisotopic (exact) mass is 307 g/mol. The van der Waals surface area contributed by atoms with Crippen molar-refractivity contribution in [2.75, 3.05) is 26.1 Å². The maximum atomic E-state index is 12.0. The number of hydrogen-bond donors (Lipinski definition) is 3. The zero-order valence-electron chi connectivity index (χ0n) is 12.5. The molecule has 9 nitrogen and oxygen atoms in total. The molecule has 1 aromatic rings. The molecule has 2 rings (SSSR count). The van der Waals surface area contributed by atoms with E-state index in [2.05, 4.69) is 21.3 Å². The first kappa shape index (κ1) is 15.4. The van der Waals surface area contributed by atoms with Gasteiger partial charge >= 0.3 is 12.1 Å². The number of methoxy groups -OCH3 is 2. The second kappa shape index (κ2) is 6.66. The van der Waals surface area contributed by atoms with E-state index in [1.807, 2.05) is 0 Å². The number of amides is 4. The van der Waals surface area contributed by atoms with Gasteiger partial charge in [-0.25, -0.2) is 25.4 Å². The first-order valence-electron chi connectivity index (χ1n) is 6.44. The number of carbonyl (C=O) groups is 2. The molecule has 0 radical (unpaired) electrons. The second-order valence-electron chi connectivity index (χ2n) is 4.48. The van der Waals surface area contributed by atoms with Crippen molar-refractivity contribution in [3.05, 3.63) is 18.2 Å². The molecule has 0 atom stereocenters. The van der Waals surface area contributed by atoms with Crippen LogP contribution in [0.1, 0.15) is 6.92 Å². The van der Waals surface area contributed by atoms with Crippen molar-refractivity contribution in [2.45, 2.75) is 6.92 Å². The van der Waals surface area contributed by atoms with E-state index < -0.39 is 12.1 Å². The number of nitrogens with one attached hydrogen (secondary N) is 3. The Bertz CT molecular complexity index is 616. The predicted molar refractivity (Wildman–Crippen MR) is 80.0 cm³/mol. The summed E-state index contributed by atoms with van der Waals surface area (Å²) < 4.78 is 10.3. The number of anilines is 1. The number of urea groups is 2. The molecule has 0 unspecified atom stereocenters. The van der Waals surface area contributed by atoms with Crippen LogP contribution in [0.4, 0.5) is 15.3 Å². The summed E-state index contributed by atoms with van der Waals surface area (Å²) in [7, 11) is 3.02. The van der Waals surface area contributed by atoms with Gasteiger partial charge in [-0.3, -0.25) is 0 Å². The average molecular weight is 307 g/mol. The summed E-state index contributed by atoms with van der Waals surface area (Å²) in [6, 6.07) is 3.87. The van der Waals surface area contributed by atoms with Crippen molar-refractivity contribution in [2.24, 2.45) is 5.10 Å². The van der Waals surface area contributed by atoms with Gasteiger partial charge in [-0.1, -0.05) is 0 Å². The average Bonchev–Trinajstić information content (AvgIpc) is 2.51. The van der Waals surface area contributed by atoms with Crippen LogP contribution in [0, 0.1) is 0 Å². The number of carbonyl (C=O) groups excluding carboxylic acids is 2. The summed E-state index contributed by atoms with van der Waals surface area (Å²) in [5.41, 5.74) is 5.83. The number of hydrazine groups is 1. The highest BCUT2D eigenvalue weighted by molar-refractivity contribution is 5.95. The van der Waals surface area contributed by atoms with Crippen LogP contribution in [0.25, 0.3) is 0 Å². The lowest BCUT2D eigenvalue weighted by molar-refractivity contribution is 0.177. The third kappa shape index (κ3) is 3.57. The van der Waals surface area contributed by atoms with E-state index in [9.17, 15) is 9.59 Å². The van der Waals surface area contributed by atoms with E-state index in [0.29, 0.717) is 22.9 Å². The van der Waals surface area contributed by atoms with Crippen LogP contribution in [0.3, 0.4) is 0 Å². The van der Waals surface area contributed by atoms with Crippen LogP contribution >= 0.6 is 0 Å². The quantitative estimate of drug-likeness (QED) is 0.776. The number of hydrazone groups is 1. The van der Waals surface area contributed by atoms with E-state index in [0.717, 1.165) is 5.01 Å². The van der Waals surface area contributed by atoms with Gasteiger partial charge in [0, 0.05) is 6.07 Å². The number of rotatable bonds is 4. The van der Waals surface area contributed by atoms with E-state index in [1.54, 1.807) is 25.1 Å². The molecule has 0 bridgehead atoms. The Balaban J connectivity index is 2.03. The normalized spacial score (nSPS) is 13.9. The molecule has 1 aromatic carbocycles. The van der Waals surface area contributed by atoms with Crippen LogP contribution in [0.2, 0.25) is 0 Å². The molecule has 0 saturated carbocycles. The van der Waals surface area contributed by atoms with Crippen molar-refractivity contribution in [3.63, 3.8) is 0 Å². The number of nitrogens with zero attached hydrogens (tertiary/aromatic N) is 2. The largest absolute Gasteiger partial charge is 0.497 e. The van der Waals surface area contributed by atoms with Gasteiger partial charge in [0.25, 0.3) is 0 Å². The van der Waals surface area contributed by atoms with E-state index in [4.69, 9.17) is 9.47 Å². The van der Waals surface area contributed by atoms with Crippen molar-refractivity contribution in [1.29, 1.82) is 0 Å². The lowest BCUT2D eigenvalue weighted by Gasteiger charge is -2.25. The molecule has 22 heavy (non-hydrogen) atoms. The Morgan fingerprint density at radius 3 is 2.82 bits per heavy atom. The van der Waals surface area contributed by atoms with Gasteiger partial charge in [-0.05, 0) is 19.1 Å². The smallest absolute Gasteiger partial charge is 0.356 e. The van der Waals surface area contributed by atoms with Crippen LogP contribution in [-0.2, 0) is 0 Å². The fourth-order valence-electron chi connectivity index (χ4n) is 1.80. The molecular weight excluding hydrogens is 290 g/mol. The molecular formula is C13H17N5O4. The summed E-state index contributed by atoms with van der Waals surface area (Å²) in [5, 5.41) is 7.49. The molecule has 118 valence electrons. The lowest BCUT2D eigenvalue weighted by atomic mass is 10.2. The van der Waals surface area contributed by atoms with E-state index in [-0.39, 0.29) is 6.54 Å². The molecule has 1 aliphatic rings. The van der Waals surface area contributed by atoms with Gasteiger partial charge in [0.05, 0.1) is 32.2 Å². The Hall–Kier alpha value is -2.97. The molecule has 1 heterocycles. The van der Waals surface area contributed by atoms with Crippen molar-refractivity contribution >= 4 is 23.5 Å². The van der Waals surface area contributed by atoms with Gasteiger partial charge < -0.3 is 14.8 Å². The summed E-state index contributed by atoms with van der Waals surface area (Å²) in [6.45, 7) is 1.94. The Kier molecular flexibility index (Phi) is 4.66. The maximum Gasteiger partial charge on any atom is 0.356 e. The predicted octanol–water partition coefficient (Wildman–Crippen LogP) is 1.14. The van der Waals surface area contributed by atoms with Crippen LogP contribution in [-0.4, -0.2) is 43.5 Å². The van der Waals surface area contributed by atoms with Gasteiger partial charge in [0.15, 0.2) is 0 Å². The molecule has 0 aromatic heterocycles. The topological polar surface area (TPSA) is 104 Å². The number of benzene rings is 1. The van der Waals surface area contributed by atoms with E-state index in [1.165, 1.54) is 14.2 Å². The minimum absolute atomic E-state index is 0.207. The number of ether oxygens (including phenoxy) is 2. The summed E-state index contributed by atoms with van der Waals surface area (Å²) >= 11 is 0. The van der Waals surface area contributed by atoms with Crippen molar-refractivity contribution < 1.29 is 19.1 Å². The molecule has 9 heteroatoms. The SMILES string of the molecule is COc1ccc(NC(=O)NN2CC(C)=NNC2=O)c(OC)c1. The van der Waals surface area contributed by atoms with Gasteiger partial charge in [-0.2, -0.15) is 5.10 Å². The molecule has 1 aliphatic heterocycles. The second-order valence-corrected chi connectivity index (χ2v) is 4.48. The maximum absolute atomic E-state index is 12.0. The van der Waals surface area contributed by atoms with Crippen molar-refractivity contribution in [1.82, 2.24) is 15.9 Å². The van der Waals surface area contributed by atoms with Crippen LogP contribution in [0.5, 0.6) is 11.5 Å². The zero-order chi connectivity index (χ0) is 16.1. The highest BCUT2D eigenvalue weighted by Crippen LogP contribution is 2.28. The highest BCUT2D eigenvalue weighted by atomic mass is 16.5. The molecule has 0 saturated heterocycles. The molecule has 4 amide bonds. The molecule has 3 N–H and O–H groups in total. The molecule has 0 aliphatic carbocycles. The summed E-state index contributed by atoms with van der Waals surface area (Å²) in [4.78, 5) is 23.5. The zero-order valence-corrected chi connectivity index (χ0v) is 12.5. The Morgan fingerprint density at radius 2 is 2.14 bits per heavy atom. The van der Waals surface area contributed by atoms with E-state index >= 15 is 0 Å². The van der Waals surface area contributed by atoms with Crippen LogP contribution in [0.15, 0.2) is 23.3 Å². The standard InChI is InChI=1S/C13H17N5O4/c1-8-7-18(13(20)16-15-8)17-12(19)14-10-5-4-9(21-2)6-11(10)22-3/h4-6H,7H2,1-3H3,(H,16,20)(H2,14,17,19). The summed E-state index contributed by atoms with van der Waals surface area (Å²) in [6.07, 6.45) is 0. The Labute approximate surface area is 127 Å². The van der Waals surface area contributed by atoms with Crippen molar-refractivity contribution in [3.8, 4) is 11.5 Å². The Morgan fingerprint density at radius 1 is 1.36 bits per heavy atom. The van der Waals surface area contributed by atoms with Gasteiger partial charge in [0.2, 0.25) is 0 Å². The third-order valence-electron chi connectivity index (χ3n) is 2.87. The van der Waals surface area contributed by atoms with Crippen LogP contribution < -0.4 is 25.6 Å². The first-order chi connectivity index (χ1) is 10.5. The number of hydrogen-bond acceptors (Lipinski definition) is 5. The fourth-order valence-corrected chi connectivity index (χ4v) is 1.80. The minimum atomic E-state index is -0.576. The third-order valence-corrected chi connectivity index (χ3v) is 2.87. The first-order valence-corrected chi connectivity index (χ1v) is 6.44. The fraction of sp³-hybridized carbons (Fsp3) is 0.308. The van der Waals surface area contributed by atoms with Gasteiger partial charge in [-0.15, -0.1) is 0 Å². The minimum Gasteiger partial charge on any atom is -0.497 e. The molecule has 0 fully saturated rings. The molecule has 0 spiro atoms. The summed E-state index contributed by atoms with van der Waals surface area (Å²) in [5.74, 6) is 1.04. The van der Waals surface area contributed by atoms with Gasteiger partial charge in [0.1, 0.15) is 11.5 Å². The lowest BCUT2D eigenvalue weighted by Crippen LogP contribution is -2.55. The highest BCUT2D eigenvalue weighted by Gasteiger charge is 2.21.